The largest absolute Gasteiger partial charge is 0.463 e. The van der Waals surface area contributed by atoms with Crippen LogP contribution in [0.4, 0.5) is 0 Å². The zero-order chi connectivity index (χ0) is 41.8. The van der Waals surface area contributed by atoms with E-state index in [9.17, 15) is 4.79 Å². The third kappa shape index (κ3) is 53.0. The van der Waals surface area contributed by atoms with Gasteiger partial charge in [0.2, 0.25) is 0 Å². The number of ether oxygens (including phenoxy) is 12. The van der Waals surface area contributed by atoms with Gasteiger partial charge in [-0.25, -0.2) is 0 Å². The lowest BCUT2D eigenvalue weighted by atomic mass is 10.0. The molecule has 0 bridgehead atoms. The monoisotopic (exact) mass is 839 g/mol. The second kappa shape index (κ2) is 54.0. The maximum atomic E-state index is 11.6. The topological polar surface area (TPSA) is 128 Å². The van der Waals surface area contributed by atoms with Crippen molar-refractivity contribution in [3.8, 4) is 0 Å². The standard InChI is InChI=1S/C45H90O13/c1-3-5-7-9-10-11-12-13-14-15-16-17-18-20-22-47-23-24-48-25-26-49-27-28-50-29-30-51-31-32-52-33-34-53-35-36-54-37-38-55-39-40-56-41-42-57-43-44-58-45(46)21-19-8-6-4-2/h3-44H2,1-2H3. The summed E-state index contributed by atoms with van der Waals surface area (Å²) in [5, 5.41) is 0. The van der Waals surface area contributed by atoms with Crippen LogP contribution >= 0.6 is 0 Å². The first-order chi connectivity index (χ1) is 28.8. The Kier molecular flexibility index (Phi) is 53.1. The van der Waals surface area contributed by atoms with Gasteiger partial charge in [-0.3, -0.25) is 4.79 Å². The molecule has 58 heavy (non-hydrogen) atoms. The predicted molar refractivity (Wildman–Crippen MR) is 229 cm³/mol. The normalized spacial score (nSPS) is 11.6. The summed E-state index contributed by atoms with van der Waals surface area (Å²) in [7, 11) is 0. The molecule has 0 radical (unpaired) electrons. The summed E-state index contributed by atoms with van der Waals surface area (Å²) in [6.45, 7) is 16.4. The second-order valence-electron chi connectivity index (χ2n) is 14.4. The van der Waals surface area contributed by atoms with Gasteiger partial charge in [-0.1, -0.05) is 117 Å². The highest BCUT2D eigenvalue weighted by atomic mass is 16.6. The molecular weight excluding hydrogens is 748 g/mol. The Morgan fingerprint density at radius 2 is 0.448 bits per heavy atom. The fourth-order valence-corrected chi connectivity index (χ4v) is 5.68. The molecule has 13 nitrogen and oxygen atoms in total. The molecule has 0 saturated heterocycles. The van der Waals surface area contributed by atoms with Crippen molar-refractivity contribution in [2.24, 2.45) is 0 Å². The van der Waals surface area contributed by atoms with Crippen LogP contribution in [0.1, 0.15) is 136 Å². The highest BCUT2D eigenvalue weighted by Gasteiger charge is 2.02. The van der Waals surface area contributed by atoms with E-state index < -0.39 is 0 Å². The molecule has 0 aromatic rings. The summed E-state index contributed by atoms with van der Waals surface area (Å²) in [5.74, 6) is -0.150. The van der Waals surface area contributed by atoms with E-state index in [0.717, 1.165) is 38.7 Å². The number of hydrogen-bond donors (Lipinski definition) is 0. The summed E-state index contributed by atoms with van der Waals surface area (Å²) in [4.78, 5) is 11.6. The van der Waals surface area contributed by atoms with E-state index in [2.05, 4.69) is 13.8 Å². The van der Waals surface area contributed by atoms with E-state index >= 15 is 0 Å². The van der Waals surface area contributed by atoms with Gasteiger partial charge in [0.1, 0.15) is 6.61 Å². The molecule has 0 heterocycles. The van der Waals surface area contributed by atoms with E-state index in [1.54, 1.807) is 0 Å². The number of hydrogen-bond acceptors (Lipinski definition) is 13. The van der Waals surface area contributed by atoms with Crippen LogP contribution in [-0.2, 0) is 61.6 Å². The molecule has 0 fully saturated rings. The fourth-order valence-electron chi connectivity index (χ4n) is 5.68. The van der Waals surface area contributed by atoms with Gasteiger partial charge in [0, 0.05) is 13.0 Å². The average Bonchev–Trinajstić information content (AvgIpc) is 3.23. The molecule has 0 unspecified atom stereocenters. The minimum Gasteiger partial charge on any atom is -0.463 e. The summed E-state index contributed by atoms with van der Waals surface area (Å²) < 4.78 is 65.9. The molecule has 0 saturated carbocycles. The number of carbonyl (C=O) groups is 1. The summed E-state index contributed by atoms with van der Waals surface area (Å²) >= 11 is 0. The van der Waals surface area contributed by atoms with Crippen LogP contribution in [-0.4, -0.2) is 158 Å². The maximum Gasteiger partial charge on any atom is 0.305 e. The lowest BCUT2D eigenvalue weighted by Crippen LogP contribution is -2.15. The van der Waals surface area contributed by atoms with E-state index in [0.29, 0.717) is 145 Å². The van der Waals surface area contributed by atoms with Gasteiger partial charge in [0.05, 0.1) is 139 Å². The van der Waals surface area contributed by atoms with Crippen LogP contribution in [0.3, 0.4) is 0 Å². The van der Waals surface area contributed by atoms with Crippen LogP contribution in [0.5, 0.6) is 0 Å². The van der Waals surface area contributed by atoms with E-state index in [-0.39, 0.29) is 12.6 Å². The molecule has 0 rings (SSSR count). The third-order valence-corrected chi connectivity index (χ3v) is 9.09. The lowest BCUT2D eigenvalue weighted by Gasteiger charge is -2.09. The van der Waals surface area contributed by atoms with Gasteiger partial charge < -0.3 is 56.8 Å². The summed E-state index contributed by atoms with van der Waals surface area (Å²) in [5.41, 5.74) is 0. The van der Waals surface area contributed by atoms with Gasteiger partial charge in [0.15, 0.2) is 0 Å². The van der Waals surface area contributed by atoms with Gasteiger partial charge >= 0.3 is 5.97 Å². The Hall–Kier alpha value is -0.970. The van der Waals surface area contributed by atoms with Crippen molar-refractivity contribution in [2.45, 2.75) is 136 Å². The van der Waals surface area contributed by atoms with Crippen LogP contribution in [0.15, 0.2) is 0 Å². The Morgan fingerprint density at radius 3 is 0.724 bits per heavy atom. The van der Waals surface area contributed by atoms with Crippen molar-refractivity contribution in [2.75, 3.05) is 152 Å². The molecule has 13 heteroatoms. The van der Waals surface area contributed by atoms with Crippen LogP contribution in [0.25, 0.3) is 0 Å². The number of esters is 1. The SMILES string of the molecule is CCCCCCCCCCCCCCCCOCCOCCOCCOCCOCCOCCOCCOCCOCCOCCOCCOC(=O)CCCCCC. The quantitative estimate of drug-likeness (QED) is 0.0432. The minimum absolute atomic E-state index is 0.150. The van der Waals surface area contributed by atoms with Crippen molar-refractivity contribution in [1.82, 2.24) is 0 Å². The summed E-state index contributed by atoms with van der Waals surface area (Å²) in [6, 6.07) is 0. The molecule has 0 N–H and O–H groups in total. The first-order valence-corrected chi connectivity index (χ1v) is 23.3. The number of rotatable bonds is 53. The Morgan fingerprint density at radius 1 is 0.241 bits per heavy atom. The fraction of sp³-hybridized carbons (Fsp3) is 0.978. The Balaban J connectivity index is 3.08. The molecular formula is C45H90O13. The summed E-state index contributed by atoms with van der Waals surface area (Å²) in [6.07, 6.45) is 24.0. The minimum atomic E-state index is -0.150. The lowest BCUT2D eigenvalue weighted by molar-refractivity contribution is -0.145. The van der Waals surface area contributed by atoms with Crippen molar-refractivity contribution >= 4 is 5.97 Å². The molecule has 0 aliphatic heterocycles. The highest BCUT2D eigenvalue weighted by Crippen LogP contribution is 2.13. The third-order valence-electron chi connectivity index (χ3n) is 9.09. The van der Waals surface area contributed by atoms with E-state index in [1.165, 1.54) is 83.5 Å². The Labute approximate surface area is 354 Å². The average molecular weight is 839 g/mol. The van der Waals surface area contributed by atoms with Crippen molar-refractivity contribution in [3.05, 3.63) is 0 Å². The van der Waals surface area contributed by atoms with Gasteiger partial charge in [-0.05, 0) is 12.8 Å². The van der Waals surface area contributed by atoms with Crippen molar-refractivity contribution < 1.29 is 61.6 Å². The van der Waals surface area contributed by atoms with Crippen LogP contribution in [0.2, 0.25) is 0 Å². The molecule has 0 spiro atoms. The zero-order valence-electron chi connectivity index (χ0n) is 37.5. The van der Waals surface area contributed by atoms with Crippen LogP contribution in [0, 0.1) is 0 Å². The second-order valence-corrected chi connectivity index (χ2v) is 14.4. The smallest absolute Gasteiger partial charge is 0.305 e. The molecule has 348 valence electrons. The number of unbranched alkanes of at least 4 members (excludes halogenated alkanes) is 16. The van der Waals surface area contributed by atoms with E-state index in [1.807, 2.05) is 0 Å². The Bertz CT molecular complexity index is 749. The van der Waals surface area contributed by atoms with Crippen molar-refractivity contribution in [1.29, 1.82) is 0 Å². The molecule has 0 aliphatic carbocycles. The molecule has 0 aromatic carbocycles. The van der Waals surface area contributed by atoms with Gasteiger partial charge in [0.25, 0.3) is 0 Å². The predicted octanol–water partition coefficient (Wildman–Crippen LogP) is 8.16. The van der Waals surface area contributed by atoms with Crippen LogP contribution < -0.4 is 0 Å². The molecule has 0 atom stereocenters. The first-order valence-electron chi connectivity index (χ1n) is 23.3. The molecule has 0 amide bonds. The van der Waals surface area contributed by atoms with Gasteiger partial charge in [-0.15, -0.1) is 0 Å². The number of carbonyl (C=O) groups excluding carboxylic acids is 1. The first kappa shape index (κ1) is 57.0. The van der Waals surface area contributed by atoms with E-state index in [4.69, 9.17) is 56.8 Å². The molecule has 0 aliphatic rings. The zero-order valence-corrected chi connectivity index (χ0v) is 37.5. The molecule has 0 aromatic heterocycles. The maximum absolute atomic E-state index is 11.6. The highest BCUT2D eigenvalue weighted by molar-refractivity contribution is 5.69. The van der Waals surface area contributed by atoms with Gasteiger partial charge in [-0.2, -0.15) is 0 Å². The van der Waals surface area contributed by atoms with Crippen molar-refractivity contribution in [3.63, 3.8) is 0 Å².